The first-order valence-corrected chi connectivity index (χ1v) is 12.4. The number of nitrogens with one attached hydrogen (secondary N) is 1. The van der Waals surface area contributed by atoms with E-state index in [0.29, 0.717) is 22.1 Å². The van der Waals surface area contributed by atoms with Crippen molar-refractivity contribution in [3.05, 3.63) is 81.2 Å². The Morgan fingerprint density at radius 3 is 2.67 bits per heavy atom. The van der Waals surface area contributed by atoms with Gasteiger partial charge in [-0.05, 0) is 36.4 Å². The Morgan fingerprint density at radius 2 is 1.97 bits per heavy atom. The summed E-state index contributed by atoms with van der Waals surface area (Å²) in [5.41, 5.74) is 4.07. The van der Waals surface area contributed by atoms with Gasteiger partial charge in [-0.1, -0.05) is 29.3 Å². The van der Waals surface area contributed by atoms with Gasteiger partial charge in [-0.3, -0.25) is 9.59 Å². The highest BCUT2D eigenvalue weighted by Gasteiger charge is 2.35. The third-order valence-corrected chi connectivity index (χ3v) is 7.24. The molecule has 0 radical (unpaired) electrons. The van der Waals surface area contributed by atoms with E-state index in [1.54, 1.807) is 18.2 Å². The highest BCUT2D eigenvalue weighted by atomic mass is 35.5. The Labute approximate surface area is 230 Å². The van der Waals surface area contributed by atoms with Gasteiger partial charge in [0.25, 0.3) is 11.8 Å². The summed E-state index contributed by atoms with van der Waals surface area (Å²) in [5, 5.41) is 7.26. The molecule has 39 heavy (non-hydrogen) atoms. The topological polar surface area (TPSA) is 125 Å². The van der Waals surface area contributed by atoms with Crippen LogP contribution in [0, 0.1) is 0 Å². The van der Waals surface area contributed by atoms with Crippen molar-refractivity contribution in [2.24, 2.45) is 5.73 Å². The number of nitrogens with two attached hydrogens (primary N) is 1. The van der Waals surface area contributed by atoms with Gasteiger partial charge in [0, 0.05) is 17.1 Å². The van der Waals surface area contributed by atoms with Crippen LogP contribution in [0.1, 0.15) is 25.9 Å². The Morgan fingerprint density at radius 1 is 1.18 bits per heavy atom. The highest BCUT2D eigenvalue weighted by molar-refractivity contribution is 7.21. The molecule has 0 aliphatic heterocycles. The molecule has 15 heteroatoms. The summed E-state index contributed by atoms with van der Waals surface area (Å²) >= 11 is 12.7. The number of aromatic nitrogens is 3. The first-order chi connectivity index (χ1) is 18.5. The largest absolute Gasteiger partial charge is 0.470 e. The second-order valence-corrected chi connectivity index (χ2v) is 9.68. The van der Waals surface area contributed by atoms with E-state index >= 15 is 0 Å². The molecule has 0 aliphatic carbocycles. The van der Waals surface area contributed by atoms with Gasteiger partial charge in [0.15, 0.2) is 12.4 Å². The normalized spacial score (nSPS) is 11.6. The third-order valence-electron chi connectivity index (χ3n) is 5.34. The predicted molar refractivity (Wildman–Crippen MR) is 138 cm³/mol. The van der Waals surface area contributed by atoms with Crippen molar-refractivity contribution in [3.8, 4) is 17.1 Å². The maximum Gasteiger partial charge on any atom is 0.433 e. The van der Waals surface area contributed by atoms with Crippen LogP contribution in [0.15, 0.2) is 59.3 Å². The summed E-state index contributed by atoms with van der Waals surface area (Å²) in [6.07, 6.45) is -2.04. The van der Waals surface area contributed by atoms with E-state index in [0.717, 1.165) is 6.07 Å². The minimum Gasteiger partial charge on any atom is -0.470 e. The predicted octanol–water partition coefficient (Wildman–Crippen LogP) is 6.47. The number of halogens is 5. The maximum absolute atomic E-state index is 13.6. The second kappa shape index (κ2) is 10.2. The molecule has 4 heterocycles. The Bertz CT molecular complexity index is 1720. The van der Waals surface area contributed by atoms with Gasteiger partial charge in [-0.2, -0.15) is 18.3 Å². The van der Waals surface area contributed by atoms with E-state index in [2.05, 4.69) is 15.4 Å². The van der Waals surface area contributed by atoms with Crippen LogP contribution in [0.5, 0.6) is 5.75 Å². The number of benzene rings is 1. The molecule has 2 amide bonds. The summed E-state index contributed by atoms with van der Waals surface area (Å²) in [6, 6.07) is 9.93. The van der Waals surface area contributed by atoms with Crippen LogP contribution in [0.2, 0.25) is 10.0 Å². The number of hydrogen-bond acceptors (Lipinski definition) is 7. The van der Waals surface area contributed by atoms with Gasteiger partial charge in [-0.25, -0.2) is 9.67 Å². The number of anilines is 1. The van der Waals surface area contributed by atoms with Crippen LogP contribution < -0.4 is 15.8 Å². The molecule has 200 valence electrons. The summed E-state index contributed by atoms with van der Waals surface area (Å²) in [4.78, 5) is 28.6. The first-order valence-electron chi connectivity index (χ1n) is 10.8. The number of thiophene rings is 1. The first kappa shape index (κ1) is 26.5. The summed E-state index contributed by atoms with van der Waals surface area (Å²) in [6.45, 7) is -0.117. The maximum atomic E-state index is 13.6. The number of fused-ring (bicyclic) bond motifs is 1. The molecule has 0 bridgehead atoms. The number of amides is 2. The number of rotatable bonds is 7. The Balaban J connectivity index is 1.49. The number of alkyl halides is 3. The summed E-state index contributed by atoms with van der Waals surface area (Å²) in [7, 11) is 0. The minimum atomic E-state index is -4.78. The highest BCUT2D eigenvalue weighted by Crippen LogP contribution is 2.43. The number of carbonyl (C=O) groups excluding carboxylic acids is 2. The zero-order valence-corrected chi connectivity index (χ0v) is 21.6. The van der Waals surface area contributed by atoms with Crippen LogP contribution in [-0.2, 0) is 12.9 Å². The van der Waals surface area contributed by atoms with Crippen molar-refractivity contribution in [2.75, 3.05) is 5.32 Å². The monoisotopic (exact) mass is 595 g/mol. The number of carbonyl (C=O) groups is 2. The molecule has 9 nitrogen and oxygen atoms in total. The number of ether oxygens (including phenoxy) is 1. The molecule has 0 saturated heterocycles. The number of nitrogens with zero attached hydrogens (tertiary/aromatic N) is 3. The number of hydrogen-bond donors (Lipinski definition) is 2. The molecule has 0 unspecified atom stereocenters. The van der Waals surface area contributed by atoms with E-state index in [4.69, 9.17) is 38.1 Å². The molecule has 0 saturated carbocycles. The lowest BCUT2D eigenvalue weighted by Crippen LogP contribution is -2.18. The van der Waals surface area contributed by atoms with Crippen LogP contribution in [0.4, 0.5) is 18.9 Å². The van der Waals surface area contributed by atoms with Gasteiger partial charge < -0.3 is 20.2 Å². The molecule has 0 fully saturated rings. The van der Waals surface area contributed by atoms with E-state index in [-0.39, 0.29) is 49.6 Å². The molecule has 5 aromatic rings. The quantitative estimate of drug-likeness (QED) is 0.222. The molecular formula is C24H14Cl2F3N5O4S. The Kier molecular flexibility index (Phi) is 6.97. The SMILES string of the molecule is NC(=O)c1sc2nc(C(F)(F)F)cc(-c3ccco3)c2c1NC(=O)c1ccn(COc2cccc(Cl)c2Cl)n1. The fourth-order valence-corrected chi connectivity index (χ4v) is 4.98. The second-order valence-electron chi connectivity index (χ2n) is 7.90. The minimum absolute atomic E-state index is 0.0336. The number of pyridine rings is 1. The molecular weight excluding hydrogens is 582 g/mol. The van der Waals surface area contributed by atoms with E-state index in [1.807, 2.05) is 0 Å². The van der Waals surface area contributed by atoms with Crippen molar-refractivity contribution in [1.82, 2.24) is 14.8 Å². The van der Waals surface area contributed by atoms with E-state index in [1.165, 1.54) is 35.3 Å². The summed E-state index contributed by atoms with van der Waals surface area (Å²) in [5.74, 6) is -1.36. The summed E-state index contributed by atoms with van der Waals surface area (Å²) < 4.78 is 52.9. The molecule has 5 rings (SSSR count). The molecule has 0 spiro atoms. The van der Waals surface area contributed by atoms with Crippen LogP contribution in [-0.4, -0.2) is 26.6 Å². The van der Waals surface area contributed by atoms with Crippen LogP contribution >= 0.6 is 34.5 Å². The van der Waals surface area contributed by atoms with Crippen molar-refractivity contribution in [3.63, 3.8) is 0 Å². The molecule has 1 aromatic carbocycles. The van der Waals surface area contributed by atoms with Gasteiger partial charge in [0.1, 0.15) is 31.9 Å². The zero-order valence-electron chi connectivity index (χ0n) is 19.3. The lowest BCUT2D eigenvalue weighted by molar-refractivity contribution is -0.140. The van der Waals surface area contributed by atoms with Crippen LogP contribution in [0.3, 0.4) is 0 Å². The third kappa shape index (κ3) is 5.28. The van der Waals surface area contributed by atoms with Crippen molar-refractivity contribution < 1.29 is 31.9 Å². The Hall–Kier alpha value is -4.07. The van der Waals surface area contributed by atoms with Gasteiger partial charge in [0.2, 0.25) is 0 Å². The smallest absolute Gasteiger partial charge is 0.433 e. The standard InChI is InChI=1S/C24H14Cl2F3N5O4S/c25-12-3-1-4-15(18(12)26)38-10-34-7-6-13(33-34)22(36)32-19-17-11(14-5-2-8-37-14)9-16(24(27,28)29)31-23(17)39-20(19)21(30)35/h1-9H,10H2,(H2,30,35)(H,32,36). The van der Waals surface area contributed by atoms with Crippen molar-refractivity contribution in [2.45, 2.75) is 12.9 Å². The molecule has 3 N–H and O–H groups in total. The zero-order chi connectivity index (χ0) is 27.9. The lowest BCUT2D eigenvalue weighted by Gasteiger charge is -2.10. The van der Waals surface area contributed by atoms with Gasteiger partial charge >= 0.3 is 6.18 Å². The van der Waals surface area contributed by atoms with E-state index < -0.39 is 23.7 Å². The number of furan rings is 1. The molecule has 0 aliphatic rings. The van der Waals surface area contributed by atoms with E-state index in [9.17, 15) is 22.8 Å². The van der Waals surface area contributed by atoms with Gasteiger partial charge in [-0.15, -0.1) is 11.3 Å². The average molecular weight is 596 g/mol. The number of primary amides is 1. The van der Waals surface area contributed by atoms with Gasteiger partial charge in [0.05, 0.1) is 17.0 Å². The van der Waals surface area contributed by atoms with Crippen LogP contribution in [0.25, 0.3) is 21.5 Å². The fourth-order valence-electron chi connectivity index (χ4n) is 3.63. The molecule has 4 aromatic heterocycles. The average Bonchev–Trinajstić information content (AvgIpc) is 3.64. The fraction of sp³-hybridized carbons (Fsp3) is 0.0833. The lowest BCUT2D eigenvalue weighted by atomic mass is 10.1. The van der Waals surface area contributed by atoms with Crippen molar-refractivity contribution in [1.29, 1.82) is 0 Å². The van der Waals surface area contributed by atoms with Crippen molar-refractivity contribution >= 4 is 62.3 Å². The molecule has 0 atom stereocenters.